The van der Waals surface area contributed by atoms with E-state index in [9.17, 15) is 19.5 Å². The molecule has 1 aromatic heterocycles. The number of benzene rings is 1. The Hall–Kier alpha value is -3.34. The highest BCUT2D eigenvalue weighted by molar-refractivity contribution is 9.10. The SMILES string of the molecule is COc1ccc2c(O[C@@H]3C[C@H]4C(=O)N[C@]5(C(=O)O)C[C@H]5C=CCCCCN(C)C(=O)N4C3)ncc(Br)c2c1. The van der Waals surface area contributed by atoms with Gasteiger partial charge >= 0.3 is 12.0 Å². The number of hydrogen-bond acceptors (Lipinski definition) is 6. The number of urea groups is 1. The number of pyridine rings is 1. The second kappa shape index (κ2) is 10.4. The predicted molar refractivity (Wildman–Crippen MR) is 143 cm³/mol. The third-order valence-corrected chi connectivity index (χ3v) is 8.28. The van der Waals surface area contributed by atoms with Crippen LogP contribution in [-0.4, -0.2) is 82.7 Å². The number of carboxylic acid groups (broad SMARTS) is 1. The van der Waals surface area contributed by atoms with E-state index >= 15 is 0 Å². The Morgan fingerprint density at radius 2 is 2.08 bits per heavy atom. The molecule has 2 aromatic rings. The van der Waals surface area contributed by atoms with E-state index < -0.39 is 29.6 Å². The minimum atomic E-state index is -1.33. The predicted octanol–water partition coefficient (Wildman–Crippen LogP) is 3.58. The van der Waals surface area contributed by atoms with E-state index in [0.29, 0.717) is 24.6 Å². The molecule has 0 bridgehead atoms. The molecule has 1 saturated carbocycles. The van der Waals surface area contributed by atoms with Crippen molar-refractivity contribution in [1.29, 1.82) is 0 Å². The number of nitrogens with zero attached hydrogens (tertiary/aromatic N) is 3. The number of carbonyl (C=O) groups is 3. The zero-order valence-corrected chi connectivity index (χ0v) is 22.9. The Morgan fingerprint density at radius 1 is 1.26 bits per heavy atom. The van der Waals surface area contributed by atoms with Crippen molar-refractivity contribution in [1.82, 2.24) is 20.1 Å². The molecule has 10 nitrogen and oxygen atoms in total. The van der Waals surface area contributed by atoms with Crippen LogP contribution < -0.4 is 14.8 Å². The van der Waals surface area contributed by atoms with E-state index in [-0.39, 0.29) is 24.9 Å². The summed E-state index contributed by atoms with van der Waals surface area (Å²) in [5.74, 6) is -0.723. The number of fused-ring (bicyclic) bond motifs is 3. The van der Waals surface area contributed by atoms with Crippen molar-refractivity contribution >= 4 is 44.6 Å². The number of ether oxygens (including phenoxy) is 2. The van der Waals surface area contributed by atoms with Gasteiger partial charge in [0.15, 0.2) is 0 Å². The maximum Gasteiger partial charge on any atom is 0.330 e. The molecule has 1 aromatic carbocycles. The van der Waals surface area contributed by atoms with E-state index in [1.807, 2.05) is 30.4 Å². The Morgan fingerprint density at radius 3 is 2.84 bits per heavy atom. The summed E-state index contributed by atoms with van der Waals surface area (Å²) in [6, 6.07) is 4.41. The molecule has 0 radical (unpaired) electrons. The summed E-state index contributed by atoms with van der Waals surface area (Å²) >= 11 is 3.52. The molecule has 3 heterocycles. The van der Waals surface area contributed by atoms with E-state index in [2.05, 4.69) is 26.2 Å². The molecular weight excluding hydrogens is 556 g/mol. The highest BCUT2D eigenvalue weighted by atomic mass is 79.9. The lowest BCUT2D eigenvalue weighted by molar-refractivity contribution is -0.144. The van der Waals surface area contributed by atoms with E-state index in [1.54, 1.807) is 25.3 Å². The van der Waals surface area contributed by atoms with Gasteiger partial charge in [0, 0.05) is 47.4 Å². The molecule has 0 unspecified atom stereocenters. The summed E-state index contributed by atoms with van der Waals surface area (Å²) < 4.78 is 12.4. The highest BCUT2D eigenvalue weighted by Crippen LogP contribution is 2.45. The van der Waals surface area contributed by atoms with Gasteiger partial charge in [0.2, 0.25) is 11.8 Å². The maximum absolute atomic E-state index is 13.5. The minimum Gasteiger partial charge on any atom is -0.497 e. The summed E-state index contributed by atoms with van der Waals surface area (Å²) in [6.07, 6.45) is 8.06. The second-order valence-corrected chi connectivity index (χ2v) is 11.0. The van der Waals surface area contributed by atoms with Crippen molar-refractivity contribution in [3.8, 4) is 11.6 Å². The third kappa shape index (κ3) is 4.91. The van der Waals surface area contributed by atoms with Crippen LogP contribution in [0.15, 0.2) is 41.0 Å². The van der Waals surface area contributed by atoms with Crippen molar-refractivity contribution in [2.45, 2.75) is 49.8 Å². The van der Waals surface area contributed by atoms with Crippen LogP contribution in [0.5, 0.6) is 11.6 Å². The summed E-state index contributed by atoms with van der Waals surface area (Å²) in [5.41, 5.74) is -1.33. The van der Waals surface area contributed by atoms with Crippen LogP contribution in [0.25, 0.3) is 10.8 Å². The number of amides is 3. The van der Waals surface area contributed by atoms with Crippen LogP contribution in [0.1, 0.15) is 32.1 Å². The third-order valence-electron chi connectivity index (χ3n) is 7.65. The van der Waals surface area contributed by atoms with Crippen LogP contribution in [0.3, 0.4) is 0 Å². The van der Waals surface area contributed by atoms with Gasteiger partial charge in [0.1, 0.15) is 23.4 Å². The standard InChI is InChI=1S/C27H31BrN4O6/c1-31-10-6-4-3-5-7-16-13-27(16,25(34)35)30-23(33)22-12-18(15-32(22)26(31)36)38-24-19-9-8-17(37-2)11-20(19)21(28)14-29-24/h5,7-9,11,14,16,18,22H,3-4,6,10,12-13,15H2,1-2H3,(H,30,33)(H,34,35)/t16-,18-,22+,27-/m1/s1. The Labute approximate surface area is 229 Å². The number of rotatable bonds is 4. The van der Waals surface area contributed by atoms with E-state index in [0.717, 1.165) is 34.5 Å². The minimum absolute atomic E-state index is 0.181. The zero-order chi connectivity index (χ0) is 27.0. The van der Waals surface area contributed by atoms with Crippen molar-refractivity contribution in [2.24, 2.45) is 5.92 Å². The number of allylic oxidation sites excluding steroid dienone is 1. The number of aromatic nitrogens is 1. The van der Waals surface area contributed by atoms with Gasteiger partial charge in [-0.3, -0.25) is 4.79 Å². The first-order valence-electron chi connectivity index (χ1n) is 12.8. The Kier molecular flexibility index (Phi) is 7.21. The number of hydrogen-bond donors (Lipinski definition) is 2. The fourth-order valence-electron chi connectivity index (χ4n) is 5.34. The first kappa shape index (κ1) is 26.3. The van der Waals surface area contributed by atoms with Gasteiger partial charge in [-0.25, -0.2) is 14.6 Å². The second-order valence-electron chi connectivity index (χ2n) is 10.2. The number of nitrogens with one attached hydrogen (secondary N) is 1. The van der Waals surface area contributed by atoms with Crippen LogP contribution >= 0.6 is 15.9 Å². The summed E-state index contributed by atoms with van der Waals surface area (Å²) in [7, 11) is 3.32. The number of halogens is 1. The average Bonchev–Trinajstić information content (AvgIpc) is 3.44. The molecule has 2 N–H and O–H groups in total. The number of carbonyl (C=O) groups excluding carboxylic acids is 2. The van der Waals surface area contributed by atoms with Crippen molar-refractivity contribution in [3.63, 3.8) is 0 Å². The van der Waals surface area contributed by atoms with E-state index in [1.165, 1.54) is 4.90 Å². The van der Waals surface area contributed by atoms with Gasteiger partial charge in [0.05, 0.1) is 13.7 Å². The molecule has 4 atom stereocenters. The first-order chi connectivity index (χ1) is 18.2. The summed E-state index contributed by atoms with van der Waals surface area (Å²) in [5, 5.41) is 14.3. The van der Waals surface area contributed by atoms with Gasteiger partial charge in [0.25, 0.3) is 0 Å². The van der Waals surface area contributed by atoms with Crippen LogP contribution in [0, 0.1) is 5.92 Å². The highest BCUT2D eigenvalue weighted by Gasteiger charge is 2.61. The maximum atomic E-state index is 13.5. The molecule has 3 aliphatic rings. The number of carboxylic acids is 1. The molecule has 3 amide bonds. The first-order valence-corrected chi connectivity index (χ1v) is 13.6. The lowest BCUT2D eigenvalue weighted by Crippen LogP contribution is -2.54. The quantitative estimate of drug-likeness (QED) is 0.525. The molecule has 2 fully saturated rings. The fraction of sp³-hybridized carbons (Fsp3) is 0.481. The van der Waals surface area contributed by atoms with Crippen molar-refractivity contribution < 1.29 is 29.0 Å². The Balaban J connectivity index is 1.42. The van der Waals surface area contributed by atoms with Crippen LogP contribution in [0.4, 0.5) is 4.79 Å². The molecule has 0 spiro atoms. The smallest absolute Gasteiger partial charge is 0.330 e. The topological polar surface area (TPSA) is 121 Å². The van der Waals surface area contributed by atoms with Crippen molar-refractivity contribution in [2.75, 3.05) is 27.2 Å². The fourth-order valence-corrected chi connectivity index (χ4v) is 5.77. The van der Waals surface area contributed by atoms with Crippen LogP contribution in [-0.2, 0) is 9.59 Å². The monoisotopic (exact) mass is 586 g/mol. The molecule has 5 rings (SSSR count). The van der Waals surface area contributed by atoms with Gasteiger partial charge in [-0.05, 0) is 59.8 Å². The lowest BCUT2D eigenvalue weighted by atomic mass is 10.1. The zero-order valence-electron chi connectivity index (χ0n) is 21.4. The molecule has 202 valence electrons. The summed E-state index contributed by atoms with van der Waals surface area (Å²) in [4.78, 5) is 46.6. The lowest BCUT2D eigenvalue weighted by Gasteiger charge is -2.29. The number of methoxy groups -OCH3 is 1. The largest absolute Gasteiger partial charge is 0.497 e. The molecule has 11 heteroatoms. The van der Waals surface area contributed by atoms with Gasteiger partial charge in [-0.1, -0.05) is 12.2 Å². The van der Waals surface area contributed by atoms with Crippen LogP contribution in [0.2, 0.25) is 0 Å². The van der Waals surface area contributed by atoms with E-state index in [4.69, 9.17) is 9.47 Å². The molecule has 1 saturated heterocycles. The normalized spacial score (nSPS) is 27.8. The number of aliphatic carboxylic acids is 1. The van der Waals surface area contributed by atoms with Crippen molar-refractivity contribution in [3.05, 3.63) is 41.0 Å². The molecular formula is C27H31BrN4O6. The molecule has 1 aliphatic carbocycles. The van der Waals surface area contributed by atoms with Gasteiger partial charge in [-0.2, -0.15) is 0 Å². The summed E-state index contributed by atoms with van der Waals surface area (Å²) in [6.45, 7) is 0.742. The molecule has 38 heavy (non-hydrogen) atoms. The van der Waals surface area contributed by atoms with Gasteiger partial charge in [-0.15, -0.1) is 0 Å². The molecule has 2 aliphatic heterocycles. The van der Waals surface area contributed by atoms with Gasteiger partial charge < -0.3 is 29.7 Å². The average molecular weight is 587 g/mol. The Bertz CT molecular complexity index is 1300.